The van der Waals surface area contributed by atoms with Gasteiger partial charge < -0.3 is 15.0 Å². The van der Waals surface area contributed by atoms with Gasteiger partial charge in [-0.05, 0) is 12.2 Å². The Balaban J connectivity index is 2.05. The first-order valence-corrected chi connectivity index (χ1v) is 6.17. The number of rotatable bonds is 4. The number of nitrogens with zero attached hydrogens (tertiary/aromatic N) is 2. The third-order valence-corrected chi connectivity index (χ3v) is 3.25. The molecule has 6 heteroatoms. The van der Waals surface area contributed by atoms with Crippen molar-refractivity contribution in [3.63, 3.8) is 0 Å². The lowest BCUT2D eigenvalue weighted by Crippen LogP contribution is -2.37. The molecule has 1 aliphatic rings. The summed E-state index contributed by atoms with van der Waals surface area (Å²) in [6.07, 6.45) is 0.746. The van der Waals surface area contributed by atoms with E-state index in [1.54, 1.807) is 11.8 Å². The predicted octanol–water partition coefficient (Wildman–Crippen LogP) is 0.897. The highest BCUT2D eigenvalue weighted by Crippen LogP contribution is 2.26. The quantitative estimate of drug-likeness (QED) is 0.826. The highest BCUT2D eigenvalue weighted by molar-refractivity contribution is 7.98. The molecular weight excluding hydrogens is 214 g/mol. The minimum atomic E-state index is -0.567. The van der Waals surface area contributed by atoms with E-state index in [2.05, 4.69) is 17.1 Å². The van der Waals surface area contributed by atoms with Gasteiger partial charge in [-0.25, -0.2) is 0 Å². The van der Waals surface area contributed by atoms with E-state index in [9.17, 15) is 0 Å². The maximum Gasteiger partial charge on any atom is 0.249 e. The Bertz CT molecular complexity index is 323. The van der Waals surface area contributed by atoms with E-state index in [4.69, 9.17) is 15.0 Å². The topological polar surface area (TPSA) is 74.2 Å². The van der Waals surface area contributed by atoms with Crippen LogP contribution in [-0.4, -0.2) is 29.1 Å². The molecule has 1 aromatic rings. The van der Waals surface area contributed by atoms with Gasteiger partial charge in [0.1, 0.15) is 5.54 Å². The molecule has 1 aliphatic heterocycles. The SMILES string of the molecule is CCSCc1noc(C2(N)CCOC2)n1. The monoisotopic (exact) mass is 229 g/mol. The molecule has 0 saturated carbocycles. The first kappa shape index (κ1) is 10.9. The summed E-state index contributed by atoms with van der Waals surface area (Å²) in [5.74, 6) is 3.04. The molecule has 84 valence electrons. The van der Waals surface area contributed by atoms with Crippen LogP contribution in [0.1, 0.15) is 25.1 Å². The zero-order valence-corrected chi connectivity index (χ0v) is 9.55. The van der Waals surface area contributed by atoms with Gasteiger partial charge in [0.15, 0.2) is 5.82 Å². The minimum Gasteiger partial charge on any atom is -0.379 e. The Kier molecular flexibility index (Phi) is 3.28. The van der Waals surface area contributed by atoms with Crippen molar-refractivity contribution in [3.8, 4) is 0 Å². The zero-order chi connectivity index (χ0) is 10.7. The molecule has 0 aliphatic carbocycles. The van der Waals surface area contributed by atoms with Crippen LogP contribution in [0.5, 0.6) is 0 Å². The lowest BCUT2D eigenvalue weighted by molar-refractivity contribution is 0.166. The van der Waals surface area contributed by atoms with Crippen molar-refractivity contribution in [2.75, 3.05) is 19.0 Å². The molecule has 2 rings (SSSR count). The Labute approximate surface area is 92.7 Å². The van der Waals surface area contributed by atoms with E-state index >= 15 is 0 Å². The zero-order valence-electron chi connectivity index (χ0n) is 8.73. The molecule has 1 aromatic heterocycles. The first-order valence-electron chi connectivity index (χ1n) is 5.02. The van der Waals surface area contributed by atoms with Crippen LogP contribution in [0.2, 0.25) is 0 Å². The van der Waals surface area contributed by atoms with Crippen molar-refractivity contribution in [1.82, 2.24) is 10.1 Å². The third-order valence-electron chi connectivity index (χ3n) is 2.38. The first-order chi connectivity index (χ1) is 7.24. The summed E-state index contributed by atoms with van der Waals surface area (Å²) in [7, 11) is 0. The molecule has 0 aromatic carbocycles. The molecule has 1 atom stereocenters. The number of nitrogens with two attached hydrogens (primary N) is 1. The Morgan fingerprint density at radius 3 is 3.13 bits per heavy atom. The van der Waals surface area contributed by atoms with Crippen LogP contribution in [0.25, 0.3) is 0 Å². The van der Waals surface area contributed by atoms with Gasteiger partial charge in [0.2, 0.25) is 5.89 Å². The smallest absolute Gasteiger partial charge is 0.249 e. The van der Waals surface area contributed by atoms with Crippen molar-refractivity contribution in [1.29, 1.82) is 0 Å². The van der Waals surface area contributed by atoms with Crippen molar-refractivity contribution in [3.05, 3.63) is 11.7 Å². The lowest BCUT2D eigenvalue weighted by Gasteiger charge is -2.14. The van der Waals surface area contributed by atoms with E-state index < -0.39 is 5.54 Å². The second-order valence-corrected chi connectivity index (χ2v) is 4.89. The number of aromatic nitrogens is 2. The van der Waals surface area contributed by atoms with Crippen LogP contribution < -0.4 is 5.73 Å². The van der Waals surface area contributed by atoms with Crippen molar-refractivity contribution in [2.45, 2.75) is 24.6 Å². The van der Waals surface area contributed by atoms with Gasteiger partial charge in [-0.1, -0.05) is 12.1 Å². The number of thioether (sulfide) groups is 1. The molecule has 1 saturated heterocycles. The summed E-state index contributed by atoms with van der Waals surface area (Å²) < 4.78 is 10.4. The van der Waals surface area contributed by atoms with E-state index in [0.717, 1.165) is 17.9 Å². The van der Waals surface area contributed by atoms with Crippen molar-refractivity contribution >= 4 is 11.8 Å². The second-order valence-electron chi connectivity index (χ2n) is 3.61. The van der Waals surface area contributed by atoms with Gasteiger partial charge in [0.05, 0.1) is 12.4 Å². The highest BCUT2D eigenvalue weighted by atomic mass is 32.2. The fourth-order valence-corrected chi connectivity index (χ4v) is 1.96. The van der Waals surface area contributed by atoms with Crippen LogP contribution in [-0.2, 0) is 16.0 Å². The largest absolute Gasteiger partial charge is 0.379 e. The fraction of sp³-hybridized carbons (Fsp3) is 0.778. The Morgan fingerprint density at radius 1 is 1.60 bits per heavy atom. The fourth-order valence-electron chi connectivity index (χ4n) is 1.46. The van der Waals surface area contributed by atoms with Gasteiger partial charge in [-0.15, -0.1) is 0 Å². The molecule has 15 heavy (non-hydrogen) atoms. The summed E-state index contributed by atoms with van der Waals surface area (Å²) in [5.41, 5.74) is 5.53. The minimum absolute atomic E-state index is 0.468. The van der Waals surface area contributed by atoms with Gasteiger partial charge in [-0.3, -0.25) is 0 Å². The summed E-state index contributed by atoms with van der Waals surface area (Å²) in [4.78, 5) is 4.30. The van der Waals surface area contributed by atoms with Crippen LogP contribution >= 0.6 is 11.8 Å². The average molecular weight is 229 g/mol. The van der Waals surface area contributed by atoms with Crippen LogP contribution in [0.15, 0.2) is 4.52 Å². The maximum atomic E-state index is 6.09. The Hall–Kier alpha value is -0.590. The van der Waals surface area contributed by atoms with Gasteiger partial charge >= 0.3 is 0 Å². The molecule has 0 radical (unpaired) electrons. The van der Waals surface area contributed by atoms with Gasteiger partial charge in [-0.2, -0.15) is 16.7 Å². The molecule has 0 spiro atoms. The van der Waals surface area contributed by atoms with E-state index in [-0.39, 0.29) is 0 Å². The standard InChI is InChI=1S/C9H15N3O2S/c1-2-15-5-7-11-8(14-12-7)9(10)3-4-13-6-9/h2-6,10H2,1H3. The summed E-state index contributed by atoms with van der Waals surface area (Å²) in [6, 6.07) is 0. The number of hydrogen-bond acceptors (Lipinski definition) is 6. The van der Waals surface area contributed by atoms with Crippen LogP contribution in [0.4, 0.5) is 0 Å². The summed E-state index contributed by atoms with van der Waals surface area (Å²) >= 11 is 1.76. The third kappa shape index (κ3) is 2.32. The maximum absolute atomic E-state index is 6.09. The molecule has 0 bridgehead atoms. The van der Waals surface area contributed by atoms with E-state index in [1.807, 2.05) is 0 Å². The van der Waals surface area contributed by atoms with Crippen molar-refractivity contribution < 1.29 is 9.26 Å². The molecular formula is C9H15N3O2S. The predicted molar refractivity (Wildman–Crippen MR) is 57.4 cm³/mol. The molecule has 0 amide bonds. The molecule has 5 nitrogen and oxygen atoms in total. The van der Waals surface area contributed by atoms with Crippen molar-refractivity contribution in [2.24, 2.45) is 5.73 Å². The van der Waals surface area contributed by atoms with Gasteiger partial charge in [0.25, 0.3) is 0 Å². The molecule has 1 fully saturated rings. The number of ether oxygens (including phenoxy) is 1. The van der Waals surface area contributed by atoms with E-state index in [0.29, 0.717) is 24.9 Å². The van der Waals surface area contributed by atoms with Crippen LogP contribution in [0.3, 0.4) is 0 Å². The normalized spacial score (nSPS) is 26.0. The van der Waals surface area contributed by atoms with E-state index in [1.165, 1.54) is 0 Å². The molecule has 2 N–H and O–H groups in total. The Morgan fingerprint density at radius 2 is 2.47 bits per heavy atom. The van der Waals surface area contributed by atoms with Gasteiger partial charge in [0, 0.05) is 6.61 Å². The highest BCUT2D eigenvalue weighted by Gasteiger charge is 2.37. The van der Waals surface area contributed by atoms with Crippen LogP contribution in [0, 0.1) is 0 Å². The molecule has 1 unspecified atom stereocenters. The number of hydrogen-bond donors (Lipinski definition) is 1. The summed E-state index contributed by atoms with van der Waals surface area (Å²) in [5, 5.41) is 3.90. The average Bonchev–Trinajstić information content (AvgIpc) is 2.84. The lowest BCUT2D eigenvalue weighted by atomic mass is 10.0. The molecule has 2 heterocycles. The second kappa shape index (κ2) is 4.51. The summed E-state index contributed by atoms with van der Waals surface area (Å²) in [6.45, 7) is 3.23.